The Morgan fingerprint density at radius 1 is 0.582 bits per heavy atom. The van der Waals surface area contributed by atoms with E-state index in [1.807, 2.05) is 0 Å². The second-order valence-electron chi connectivity index (χ2n) is 16.0. The third-order valence-corrected chi connectivity index (χ3v) is 12.2. The topological polar surface area (TPSA) is 165 Å². The first-order chi connectivity index (χ1) is 26.9. The Bertz CT molecular complexity index is 1580. The average molecular weight is 753 g/mol. The van der Waals surface area contributed by atoms with Crippen molar-refractivity contribution >= 4 is 29.1 Å². The third-order valence-electron chi connectivity index (χ3n) is 12.2. The van der Waals surface area contributed by atoms with Crippen LogP contribution in [0.5, 0.6) is 0 Å². The van der Waals surface area contributed by atoms with Gasteiger partial charge in [0.25, 0.3) is 0 Å². The van der Waals surface area contributed by atoms with E-state index in [9.17, 15) is 14.4 Å². The minimum Gasteiger partial charge on any atom is -0.330 e. The second kappa shape index (κ2) is 21.5. The van der Waals surface area contributed by atoms with E-state index in [1.165, 1.54) is 27.8 Å². The van der Waals surface area contributed by atoms with E-state index in [2.05, 4.69) is 71.4 Å². The number of hydrogen-bond donors (Lipinski definition) is 6. The molecule has 0 heterocycles. The van der Waals surface area contributed by atoms with Crippen molar-refractivity contribution in [3.05, 3.63) is 82.1 Å². The van der Waals surface area contributed by atoms with Crippen molar-refractivity contribution < 1.29 is 14.4 Å². The highest BCUT2D eigenvalue weighted by Crippen LogP contribution is 2.62. The molecule has 1 atom stereocenters. The van der Waals surface area contributed by atoms with E-state index in [-0.39, 0.29) is 29.6 Å². The van der Waals surface area contributed by atoms with E-state index >= 15 is 0 Å². The summed E-state index contributed by atoms with van der Waals surface area (Å²) in [4.78, 5) is 39.9. The summed E-state index contributed by atoms with van der Waals surface area (Å²) in [5.74, 6) is 0.152. The lowest BCUT2D eigenvalue weighted by molar-refractivity contribution is -0.121. The molecule has 9 heteroatoms. The van der Waals surface area contributed by atoms with Crippen molar-refractivity contribution in [1.29, 1.82) is 0 Å². The number of anilines is 2. The summed E-state index contributed by atoms with van der Waals surface area (Å²) in [7, 11) is 0. The Morgan fingerprint density at radius 2 is 1.00 bits per heavy atom. The van der Waals surface area contributed by atoms with Crippen molar-refractivity contribution in [2.45, 2.75) is 147 Å². The van der Waals surface area contributed by atoms with Crippen molar-refractivity contribution in [2.75, 3.05) is 30.3 Å². The Kier molecular flexibility index (Phi) is 16.6. The van der Waals surface area contributed by atoms with Crippen LogP contribution >= 0.6 is 0 Å². The van der Waals surface area contributed by atoms with Crippen molar-refractivity contribution in [2.24, 2.45) is 23.1 Å². The normalized spacial score (nSPS) is 19.1. The number of allylic oxidation sites excluding steroid dienone is 4. The van der Waals surface area contributed by atoms with Gasteiger partial charge in [0.15, 0.2) is 0 Å². The zero-order chi connectivity index (χ0) is 39.0. The molecule has 3 amide bonds. The van der Waals surface area contributed by atoms with Crippen LogP contribution in [-0.2, 0) is 19.8 Å². The number of unbranched alkanes of at least 4 members (excludes halogenated alkanes) is 12. The number of benzene rings is 2. The minimum atomic E-state index is -0.494. The molecule has 0 saturated carbocycles. The quantitative estimate of drug-likeness (QED) is 0.0556. The van der Waals surface area contributed by atoms with Gasteiger partial charge in [-0.25, -0.2) is 0 Å². The van der Waals surface area contributed by atoms with Crippen molar-refractivity contribution in [3.8, 4) is 0 Å². The lowest BCUT2D eigenvalue weighted by Gasteiger charge is -2.45. The van der Waals surface area contributed by atoms with E-state index < -0.39 is 5.41 Å². The molecule has 55 heavy (non-hydrogen) atoms. The summed E-state index contributed by atoms with van der Waals surface area (Å²) in [6.07, 6.45) is 22.8. The molecule has 4 aliphatic carbocycles. The van der Waals surface area contributed by atoms with Gasteiger partial charge >= 0.3 is 0 Å². The maximum atomic E-state index is 13.5. The van der Waals surface area contributed by atoms with Crippen LogP contribution in [0.4, 0.5) is 11.4 Å². The lowest BCUT2D eigenvalue weighted by Crippen LogP contribution is -2.43. The molecule has 0 fully saturated rings. The Morgan fingerprint density at radius 3 is 1.44 bits per heavy atom. The smallest absolute Gasteiger partial charge is 0.224 e. The predicted molar refractivity (Wildman–Crippen MR) is 226 cm³/mol. The fourth-order valence-electron chi connectivity index (χ4n) is 9.32. The Hall–Kier alpha value is -3.79. The van der Waals surface area contributed by atoms with Gasteiger partial charge in [-0.05, 0) is 124 Å². The summed E-state index contributed by atoms with van der Waals surface area (Å²) >= 11 is 0. The van der Waals surface area contributed by atoms with Crippen molar-refractivity contribution in [3.63, 3.8) is 0 Å². The largest absolute Gasteiger partial charge is 0.330 e. The van der Waals surface area contributed by atoms with Gasteiger partial charge in [0.2, 0.25) is 17.7 Å². The molecule has 0 aliphatic heterocycles. The highest BCUT2D eigenvalue weighted by atomic mass is 16.2. The zero-order valence-corrected chi connectivity index (χ0v) is 33.5. The summed E-state index contributed by atoms with van der Waals surface area (Å²) in [6.45, 7) is 4.39. The van der Waals surface area contributed by atoms with E-state index in [4.69, 9.17) is 17.2 Å². The third kappa shape index (κ3) is 10.7. The van der Waals surface area contributed by atoms with Crippen LogP contribution in [-0.4, -0.2) is 37.4 Å². The predicted octanol–water partition coefficient (Wildman–Crippen LogP) is 8.56. The number of nitrogens with two attached hydrogens (primary N) is 3. The molecular weight excluding hydrogens is 685 g/mol. The van der Waals surface area contributed by atoms with Gasteiger partial charge in [-0.15, -0.1) is 0 Å². The fraction of sp³-hybridized carbons (Fsp3) is 0.587. The fourth-order valence-corrected chi connectivity index (χ4v) is 9.32. The molecule has 0 radical (unpaired) electrons. The lowest BCUT2D eigenvalue weighted by atomic mass is 9.58. The Labute approximate surface area is 330 Å². The molecule has 6 rings (SSSR count). The molecular formula is C46H68N6O3. The van der Waals surface area contributed by atoms with Gasteiger partial charge < -0.3 is 33.2 Å². The molecule has 2 aromatic carbocycles. The average Bonchev–Trinajstić information content (AvgIpc) is 3.34. The van der Waals surface area contributed by atoms with E-state index in [0.717, 1.165) is 126 Å². The first-order valence-electron chi connectivity index (χ1n) is 21.6. The summed E-state index contributed by atoms with van der Waals surface area (Å²) in [6, 6.07) is 12.9. The SMILES string of the molecule is CCC12c3cc(NC(=O)CCCCCCCN)ccc3C(C3=CC=C(NC(=O)CCCCCCCN)C1C3)c1ccc(NC(=O)CCCCCCCN)cc12. The molecule has 1 unspecified atom stereocenters. The van der Waals surface area contributed by atoms with Gasteiger partial charge in [0, 0.05) is 53.6 Å². The molecule has 300 valence electrons. The first kappa shape index (κ1) is 42.4. The highest BCUT2D eigenvalue weighted by Gasteiger charge is 2.54. The van der Waals surface area contributed by atoms with Crippen LogP contribution in [0.1, 0.15) is 164 Å². The van der Waals surface area contributed by atoms with Crippen LogP contribution in [0, 0.1) is 5.92 Å². The second-order valence-corrected chi connectivity index (χ2v) is 16.0. The summed E-state index contributed by atoms with van der Waals surface area (Å²) in [5.41, 5.74) is 25.2. The standard InChI is InChI=1S/C46H68N6O3/c1-2-46-38-31-34(50-42(53)18-12-6-3-9-15-27-47)22-24-36(38)45(33-21-26-41(40(46)30-33)52-44(55)20-14-8-5-11-17-29-49)37-25-23-35(32-39(37)46)51-43(54)19-13-7-4-10-16-28-48/h21-26,31-32,40,45H,2-20,27-30,47-49H2,1H3,(H,50,53)(H,51,54)(H,52,55). The number of amides is 3. The van der Waals surface area contributed by atoms with E-state index in [0.29, 0.717) is 38.9 Å². The minimum absolute atomic E-state index is 0.0186. The maximum Gasteiger partial charge on any atom is 0.224 e. The van der Waals surface area contributed by atoms with Crippen LogP contribution < -0.4 is 33.2 Å². The van der Waals surface area contributed by atoms with Crippen LogP contribution in [0.2, 0.25) is 0 Å². The highest BCUT2D eigenvalue weighted by molar-refractivity contribution is 5.92. The molecule has 9 N–H and O–H groups in total. The molecule has 9 nitrogen and oxygen atoms in total. The monoisotopic (exact) mass is 753 g/mol. The summed E-state index contributed by atoms with van der Waals surface area (Å²) < 4.78 is 0. The zero-order valence-electron chi connectivity index (χ0n) is 33.5. The summed E-state index contributed by atoms with van der Waals surface area (Å²) in [5, 5.41) is 9.85. The van der Waals surface area contributed by atoms with Gasteiger partial charge in [-0.3, -0.25) is 14.4 Å². The van der Waals surface area contributed by atoms with Crippen LogP contribution in [0.15, 0.2) is 59.8 Å². The maximum absolute atomic E-state index is 13.5. The van der Waals surface area contributed by atoms with Gasteiger partial charge in [-0.2, -0.15) is 0 Å². The molecule has 0 spiro atoms. The van der Waals surface area contributed by atoms with Gasteiger partial charge in [-0.1, -0.05) is 88.5 Å². The van der Waals surface area contributed by atoms with E-state index in [1.54, 1.807) is 0 Å². The first-order valence-corrected chi connectivity index (χ1v) is 21.6. The molecule has 2 aromatic rings. The number of carbonyl (C=O) groups excluding carboxylic acids is 3. The van der Waals surface area contributed by atoms with Gasteiger partial charge in [0.1, 0.15) is 0 Å². The van der Waals surface area contributed by atoms with Crippen LogP contribution in [0.3, 0.4) is 0 Å². The van der Waals surface area contributed by atoms with Gasteiger partial charge in [0.05, 0.1) is 0 Å². The number of nitrogens with one attached hydrogen (secondary N) is 3. The Balaban J connectivity index is 1.42. The number of rotatable bonds is 25. The van der Waals surface area contributed by atoms with Crippen LogP contribution in [0.25, 0.3) is 0 Å². The molecule has 4 aliphatic rings. The molecule has 0 saturated heterocycles. The van der Waals surface area contributed by atoms with Crippen molar-refractivity contribution in [1.82, 2.24) is 5.32 Å². The number of carbonyl (C=O) groups is 3. The molecule has 4 bridgehead atoms. The molecule has 0 aromatic heterocycles. The number of hydrogen-bond acceptors (Lipinski definition) is 6.